The van der Waals surface area contributed by atoms with Crippen molar-refractivity contribution in [3.05, 3.63) is 18.2 Å². The summed E-state index contributed by atoms with van der Waals surface area (Å²) in [5, 5.41) is 3.69. The number of aryl methyl sites for hydroxylation is 1. The van der Waals surface area contributed by atoms with Crippen LogP contribution in [0.5, 0.6) is 0 Å². The van der Waals surface area contributed by atoms with Crippen LogP contribution in [0.25, 0.3) is 0 Å². The Hall–Kier alpha value is -0.830. The van der Waals surface area contributed by atoms with Gasteiger partial charge in [0.2, 0.25) is 0 Å². The first-order chi connectivity index (χ1) is 7.70. The molecule has 2 rings (SSSR count). The number of aromatic nitrogens is 2. The molecule has 1 atom stereocenters. The number of rotatable bonds is 4. The molecular weight excluding hydrogens is 198 g/mol. The van der Waals surface area contributed by atoms with Crippen LogP contribution in [0, 0.1) is 5.92 Å². The minimum atomic E-state index is 0.110. The van der Waals surface area contributed by atoms with Crippen LogP contribution in [0.2, 0.25) is 0 Å². The lowest BCUT2D eigenvalue weighted by Gasteiger charge is -2.33. The minimum absolute atomic E-state index is 0.110. The lowest BCUT2D eigenvalue weighted by molar-refractivity contribution is 0.250. The van der Waals surface area contributed by atoms with Gasteiger partial charge in [0.25, 0.3) is 0 Å². The highest BCUT2D eigenvalue weighted by molar-refractivity contribution is 5.13. The Morgan fingerprint density at radius 1 is 1.56 bits per heavy atom. The van der Waals surface area contributed by atoms with Gasteiger partial charge in [0.1, 0.15) is 5.82 Å². The first kappa shape index (κ1) is 11.6. The van der Waals surface area contributed by atoms with E-state index >= 15 is 0 Å². The second kappa shape index (κ2) is 4.58. The van der Waals surface area contributed by atoms with Crippen molar-refractivity contribution in [2.24, 2.45) is 5.92 Å². The Bertz CT molecular complexity index is 335. The molecule has 0 amide bonds. The molecule has 0 spiro atoms. The summed E-state index contributed by atoms with van der Waals surface area (Å²) in [6.45, 7) is 9.00. The summed E-state index contributed by atoms with van der Waals surface area (Å²) in [5.74, 6) is 1.83. The van der Waals surface area contributed by atoms with E-state index in [9.17, 15) is 0 Å². The van der Waals surface area contributed by atoms with E-state index in [2.05, 4.69) is 41.8 Å². The van der Waals surface area contributed by atoms with Crippen molar-refractivity contribution in [1.82, 2.24) is 14.9 Å². The van der Waals surface area contributed by atoms with Gasteiger partial charge in [-0.3, -0.25) is 0 Å². The van der Waals surface area contributed by atoms with Crippen molar-refractivity contribution in [1.29, 1.82) is 0 Å². The molecule has 1 unspecified atom stereocenters. The molecule has 1 aliphatic heterocycles. The smallest absolute Gasteiger partial charge is 0.129 e. The molecule has 0 aromatic carbocycles. The Morgan fingerprint density at radius 2 is 2.38 bits per heavy atom. The highest BCUT2D eigenvalue weighted by Gasteiger charge is 2.41. The molecule has 1 N–H and O–H groups in total. The van der Waals surface area contributed by atoms with Gasteiger partial charge >= 0.3 is 0 Å². The highest BCUT2D eigenvalue weighted by Crippen LogP contribution is 2.36. The zero-order valence-electron chi connectivity index (χ0n) is 10.7. The second-order valence-electron chi connectivity index (χ2n) is 5.10. The van der Waals surface area contributed by atoms with E-state index in [0.717, 1.165) is 19.5 Å². The molecule has 16 heavy (non-hydrogen) atoms. The maximum absolute atomic E-state index is 4.61. The number of hydrogen-bond donors (Lipinski definition) is 1. The minimum Gasteiger partial charge on any atom is -0.333 e. The van der Waals surface area contributed by atoms with E-state index in [-0.39, 0.29) is 5.54 Å². The Balaban J connectivity index is 2.35. The summed E-state index contributed by atoms with van der Waals surface area (Å²) in [7, 11) is 0. The van der Waals surface area contributed by atoms with E-state index in [1.807, 2.05) is 6.20 Å². The fourth-order valence-corrected chi connectivity index (χ4v) is 2.83. The van der Waals surface area contributed by atoms with Gasteiger partial charge in [0.15, 0.2) is 0 Å². The van der Waals surface area contributed by atoms with Gasteiger partial charge in [0, 0.05) is 18.9 Å². The largest absolute Gasteiger partial charge is 0.333 e. The van der Waals surface area contributed by atoms with Crippen LogP contribution in [0.3, 0.4) is 0 Å². The van der Waals surface area contributed by atoms with Crippen LogP contribution >= 0.6 is 0 Å². The quantitative estimate of drug-likeness (QED) is 0.846. The first-order valence-corrected chi connectivity index (χ1v) is 6.47. The maximum Gasteiger partial charge on any atom is 0.129 e. The summed E-state index contributed by atoms with van der Waals surface area (Å²) in [4.78, 5) is 4.61. The third-order valence-electron chi connectivity index (χ3n) is 3.75. The molecule has 1 aromatic heterocycles. The Kier molecular flexibility index (Phi) is 3.33. The van der Waals surface area contributed by atoms with Crippen molar-refractivity contribution in [2.75, 3.05) is 6.54 Å². The lowest BCUT2D eigenvalue weighted by Crippen LogP contribution is -2.44. The summed E-state index contributed by atoms with van der Waals surface area (Å²) in [6, 6.07) is 0. The van der Waals surface area contributed by atoms with Gasteiger partial charge in [-0.25, -0.2) is 4.98 Å². The molecule has 0 radical (unpaired) electrons. The number of nitrogens with one attached hydrogen (secondary N) is 1. The SMILES string of the molecule is CCCn1ccnc1C1(C(C)C)CCCN1. The van der Waals surface area contributed by atoms with Gasteiger partial charge in [-0.05, 0) is 31.7 Å². The number of hydrogen-bond acceptors (Lipinski definition) is 2. The molecule has 1 aromatic rings. The van der Waals surface area contributed by atoms with Crippen molar-refractivity contribution >= 4 is 0 Å². The third-order valence-corrected chi connectivity index (χ3v) is 3.75. The van der Waals surface area contributed by atoms with Gasteiger partial charge in [0.05, 0.1) is 5.54 Å². The molecule has 3 nitrogen and oxygen atoms in total. The fraction of sp³-hybridized carbons (Fsp3) is 0.769. The normalized spacial score (nSPS) is 25.5. The van der Waals surface area contributed by atoms with Crippen molar-refractivity contribution in [2.45, 2.75) is 52.1 Å². The Morgan fingerprint density at radius 3 is 2.94 bits per heavy atom. The second-order valence-corrected chi connectivity index (χ2v) is 5.10. The van der Waals surface area contributed by atoms with Gasteiger partial charge in [-0.2, -0.15) is 0 Å². The molecule has 2 heterocycles. The molecule has 1 fully saturated rings. The van der Waals surface area contributed by atoms with Crippen molar-refractivity contribution in [3.63, 3.8) is 0 Å². The third kappa shape index (κ3) is 1.77. The van der Waals surface area contributed by atoms with Crippen molar-refractivity contribution in [3.8, 4) is 0 Å². The molecule has 0 saturated carbocycles. The summed E-state index contributed by atoms with van der Waals surface area (Å²) >= 11 is 0. The van der Waals surface area contributed by atoms with Crippen LogP contribution in [-0.4, -0.2) is 16.1 Å². The van der Waals surface area contributed by atoms with Crippen LogP contribution in [-0.2, 0) is 12.1 Å². The molecule has 90 valence electrons. The number of nitrogens with zero attached hydrogens (tertiary/aromatic N) is 2. The highest BCUT2D eigenvalue weighted by atomic mass is 15.2. The molecule has 1 saturated heterocycles. The van der Waals surface area contributed by atoms with Crippen molar-refractivity contribution < 1.29 is 0 Å². The molecule has 3 heteroatoms. The summed E-state index contributed by atoms with van der Waals surface area (Å²) in [5.41, 5.74) is 0.110. The first-order valence-electron chi connectivity index (χ1n) is 6.47. The zero-order valence-corrected chi connectivity index (χ0v) is 10.7. The van der Waals surface area contributed by atoms with Gasteiger partial charge < -0.3 is 9.88 Å². The predicted octanol–water partition coefficient (Wildman–Crippen LogP) is 2.53. The van der Waals surface area contributed by atoms with Crippen LogP contribution < -0.4 is 5.32 Å². The van der Waals surface area contributed by atoms with Crippen LogP contribution in [0.15, 0.2) is 12.4 Å². The predicted molar refractivity (Wildman–Crippen MR) is 66.3 cm³/mol. The fourth-order valence-electron chi connectivity index (χ4n) is 2.83. The standard InChI is InChI=1S/C13H23N3/c1-4-9-16-10-8-14-12(16)13(11(2)3)6-5-7-15-13/h8,10-11,15H,4-7,9H2,1-3H3. The van der Waals surface area contributed by atoms with E-state index in [1.54, 1.807) is 0 Å². The molecule has 1 aliphatic rings. The van der Waals surface area contributed by atoms with E-state index < -0.39 is 0 Å². The topological polar surface area (TPSA) is 29.9 Å². The van der Waals surface area contributed by atoms with Gasteiger partial charge in [-0.15, -0.1) is 0 Å². The molecule has 0 bridgehead atoms. The van der Waals surface area contributed by atoms with E-state index in [0.29, 0.717) is 5.92 Å². The van der Waals surface area contributed by atoms with E-state index in [1.165, 1.54) is 18.7 Å². The molecular formula is C13H23N3. The maximum atomic E-state index is 4.61. The number of imidazole rings is 1. The van der Waals surface area contributed by atoms with Gasteiger partial charge in [-0.1, -0.05) is 20.8 Å². The summed E-state index contributed by atoms with van der Waals surface area (Å²) in [6.07, 6.45) is 7.69. The zero-order chi connectivity index (χ0) is 11.6. The molecule has 0 aliphatic carbocycles. The monoisotopic (exact) mass is 221 g/mol. The Labute approximate surface area is 98.3 Å². The van der Waals surface area contributed by atoms with Crippen LogP contribution in [0.1, 0.15) is 45.9 Å². The average molecular weight is 221 g/mol. The van der Waals surface area contributed by atoms with E-state index in [4.69, 9.17) is 0 Å². The average Bonchev–Trinajstić information content (AvgIpc) is 2.85. The summed E-state index contributed by atoms with van der Waals surface area (Å²) < 4.78 is 2.32. The lowest BCUT2D eigenvalue weighted by atomic mass is 9.84. The van der Waals surface area contributed by atoms with Crippen LogP contribution in [0.4, 0.5) is 0 Å².